The van der Waals surface area contributed by atoms with Crippen molar-refractivity contribution in [3.63, 3.8) is 0 Å². The van der Waals surface area contributed by atoms with Gasteiger partial charge in [-0.05, 0) is 55.4 Å². The van der Waals surface area contributed by atoms with Gasteiger partial charge >= 0.3 is 0 Å². The zero-order chi connectivity index (χ0) is 19.8. The van der Waals surface area contributed by atoms with Crippen molar-refractivity contribution in [3.8, 4) is 0 Å². The van der Waals surface area contributed by atoms with Gasteiger partial charge in [0.25, 0.3) is 0 Å². The molecule has 0 radical (unpaired) electrons. The highest BCUT2D eigenvalue weighted by Crippen LogP contribution is 2.42. The van der Waals surface area contributed by atoms with E-state index in [9.17, 15) is 5.11 Å². The van der Waals surface area contributed by atoms with Crippen molar-refractivity contribution in [3.05, 3.63) is 16.8 Å². The second-order valence-corrected chi connectivity index (χ2v) is 9.70. The Morgan fingerprint density at radius 3 is 2.68 bits per heavy atom. The van der Waals surface area contributed by atoms with E-state index in [0.717, 1.165) is 51.7 Å². The van der Waals surface area contributed by atoms with Gasteiger partial charge < -0.3 is 10.4 Å². The molecule has 0 saturated carbocycles. The molecule has 3 aromatic heterocycles. The van der Waals surface area contributed by atoms with E-state index in [1.165, 1.54) is 28.6 Å². The van der Waals surface area contributed by atoms with Crippen LogP contribution < -0.4 is 5.32 Å². The average Bonchev–Trinajstić information content (AvgIpc) is 3.29. The van der Waals surface area contributed by atoms with Gasteiger partial charge in [0.1, 0.15) is 10.6 Å². The number of aliphatic hydroxyl groups excluding tert-OH is 1. The van der Waals surface area contributed by atoms with Gasteiger partial charge in [-0.2, -0.15) is 0 Å². The first-order chi connectivity index (χ1) is 13.5. The highest BCUT2D eigenvalue weighted by Gasteiger charge is 2.25. The maximum Gasteiger partial charge on any atom is 0.189 e. The maximum atomic E-state index is 9.98. The van der Waals surface area contributed by atoms with E-state index in [2.05, 4.69) is 19.2 Å². The van der Waals surface area contributed by atoms with Gasteiger partial charge in [0.2, 0.25) is 0 Å². The average molecular weight is 417 g/mol. The molecule has 0 aromatic carbocycles. The van der Waals surface area contributed by atoms with Gasteiger partial charge in [-0.25, -0.2) is 15.0 Å². The van der Waals surface area contributed by atoms with Gasteiger partial charge in [0.05, 0.1) is 16.3 Å². The summed E-state index contributed by atoms with van der Waals surface area (Å²) in [6.07, 6.45) is 6.82. The van der Waals surface area contributed by atoms with Crippen molar-refractivity contribution in [1.29, 1.82) is 0 Å². The number of thiophene rings is 1. The predicted molar refractivity (Wildman–Crippen MR) is 120 cm³/mol. The van der Waals surface area contributed by atoms with Crippen LogP contribution in [0.25, 0.3) is 20.4 Å². The minimum Gasteiger partial charge on any atom is -0.391 e. The fourth-order valence-electron chi connectivity index (χ4n) is 3.95. The molecule has 3 heterocycles. The van der Waals surface area contributed by atoms with Crippen molar-refractivity contribution in [2.45, 2.75) is 64.1 Å². The monoisotopic (exact) mass is 416 g/mol. The fraction of sp³-hybridized carbons (Fsp3) is 0.571. The first-order valence-electron chi connectivity index (χ1n) is 10.1. The molecule has 3 aromatic rings. The van der Waals surface area contributed by atoms with Crippen LogP contribution in [0, 0.1) is 5.92 Å². The standard InChI is InChI=1S/C21H28N4OS2/c1-5-12(26)10-22-19-18-17(24-21(25-19)27-4)16-14-8-6-7-13(14)15(9-11(2)3)23-20(16)28-18/h11-12,26H,5-10H2,1-4H3,(H,22,24,25)/t12-/m0/s1. The number of hydrogen-bond donors (Lipinski definition) is 2. The van der Waals surface area contributed by atoms with Crippen molar-refractivity contribution in [2.75, 3.05) is 18.1 Å². The minimum atomic E-state index is -0.378. The number of rotatable bonds is 7. The number of hydrogen-bond acceptors (Lipinski definition) is 7. The molecule has 0 saturated heterocycles. The molecule has 0 spiro atoms. The normalized spacial score (nSPS) is 14.9. The molecule has 4 rings (SSSR count). The van der Waals surface area contributed by atoms with E-state index < -0.39 is 0 Å². The quantitative estimate of drug-likeness (QED) is 0.424. The number of aromatic nitrogens is 3. The molecule has 0 aliphatic heterocycles. The number of nitrogens with one attached hydrogen (secondary N) is 1. The van der Waals surface area contributed by atoms with E-state index in [4.69, 9.17) is 15.0 Å². The van der Waals surface area contributed by atoms with Gasteiger partial charge in [-0.3, -0.25) is 0 Å². The summed E-state index contributed by atoms with van der Waals surface area (Å²) >= 11 is 3.24. The lowest BCUT2D eigenvalue weighted by molar-refractivity contribution is 0.183. The Bertz CT molecular complexity index is 1010. The molecular formula is C21H28N4OS2. The molecule has 0 bridgehead atoms. The number of anilines is 1. The summed E-state index contributed by atoms with van der Waals surface area (Å²) in [7, 11) is 0. The number of nitrogens with zero attached hydrogens (tertiary/aromatic N) is 3. The maximum absolute atomic E-state index is 9.98. The van der Waals surface area contributed by atoms with E-state index in [1.807, 2.05) is 13.2 Å². The Hall–Kier alpha value is -1.44. The first-order valence-corrected chi connectivity index (χ1v) is 12.2. The second kappa shape index (κ2) is 8.13. The lowest BCUT2D eigenvalue weighted by atomic mass is 9.99. The molecule has 0 fully saturated rings. The summed E-state index contributed by atoms with van der Waals surface area (Å²) in [5, 5.41) is 15.3. The molecule has 1 aliphatic carbocycles. The number of fused-ring (bicyclic) bond motifs is 5. The SMILES string of the molecule is CC[C@H](O)CNc1nc(SC)nc2c1sc1nc(CC(C)C)c3c(c12)CCC3. The summed E-state index contributed by atoms with van der Waals surface area (Å²) in [4.78, 5) is 15.8. The number of pyridine rings is 1. The minimum absolute atomic E-state index is 0.378. The molecule has 1 aliphatic rings. The summed E-state index contributed by atoms with van der Waals surface area (Å²) < 4.78 is 1.06. The largest absolute Gasteiger partial charge is 0.391 e. The zero-order valence-corrected chi connectivity index (χ0v) is 18.6. The van der Waals surface area contributed by atoms with E-state index in [1.54, 1.807) is 23.1 Å². The van der Waals surface area contributed by atoms with Crippen LogP contribution in [0.4, 0.5) is 5.82 Å². The highest BCUT2D eigenvalue weighted by atomic mass is 32.2. The van der Waals surface area contributed by atoms with Crippen molar-refractivity contribution in [1.82, 2.24) is 15.0 Å². The Labute approximate surface area is 174 Å². The zero-order valence-electron chi connectivity index (χ0n) is 17.0. The van der Waals surface area contributed by atoms with Crippen LogP contribution in [0.3, 0.4) is 0 Å². The van der Waals surface area contributed by atoms with Crippen LogP contribution in [0.1, 0.15) is 50.4 Å². The van der Waals surface area contributed by atoms with Crippen LogP contribution in [-0.2, 0) is 19.3 Å². The summed E-state index contributed by atoms with van der Waals surface area (Å²) in [5.74, 6) is 1.42. The van der Waals surface area contributed by atoms with Crippen LogP contribution in [0.5, 0.6) is 0 Å². The summed E-state index contributed by atoms with van der Waals surface area (Å²) in [6.45, 7) is 7.00. The Kier molecular flexibility index (Phi) is 5.76. The van der Waals surface area contributed by atoms with E-state index in [0.29, 0.717) is 12.5 Å². The number of thioether (sulfide) groups is 1. The Balaban J connectivity index is 1.92. The molecule has 5 nitrogen and oxygen atoms in total. The van der Waals surface area contributed by atoms with Crippen LogP contribution in [-0.4, -0.2) is 39.0 Å². The van der Waals surface area contributed by atoms with Crippen molar-refractivity contribution >= 4 is 49.3 Å². The summed E-state index contributed by atoms with van der Waals surface area (Å²) in [5.41, 5.74) is 5.21. The Morgan fingerprint density at radius 2 is 1.96 bits per heavy atom. The smallest absolute Gasteiger partial charge is 0.189 e. The van der Waals surface area contributed by atoms with Gasteiger partial charge in [-0.15, -0.1) is 11.3 Å². The highest BCUT2D eigenvalue weighted by molar-refractivity contribution is 7.98. The first kappa shape index (κ1) is 19.9. The van der Waals surface area contributed by atoms with E-state index in [-0.39, 0.29) is 6.10 Å². The molecule has 2 N–H and O–H groups in total. The fourth-order valence-corrected chi connectivity index (χ4v) is 5.44. The Morgan fingerprint density at radius 1 is 1.18 bits per heavy atom. The third kappa shape index (κ3) is 3.60. The van der Waals surface area contributed by atoms with Crippen molar-refractivity contribution < 1.29 is 5.11 Å². The third-order valence-corrected chi connectivity index (χ3v) is 6.99. The summed E-state index contributed by atoms with van der Waals surface area (Å²) in [6, 6.07) is 0. The number of aliphatic hydroxyl groups is 1. The van der Waals surface area contributed by atoms with Crippen LogP contribution in [0.15, 0.2) is 5.16 Å². The second-order valence-electron chi connectivity index (χ2n) is 7.93. The third-order valence-electron chi connectivity index (χ3n) is 5.36. The molecular weight excluding hydrogens is 388 g/mol. The van der Waals surface area contributed by atoms with Gasteiger partial charge in [0, 0.05) is 17.6 Å². The molecule has 0 unspecified atom stereocenters. The topological polar surface area (TPSA) is 70.9 Å². The van der Waals surface area contributed by atoms with Crippen LogP contribution in [0.2, 0.25) is 0 Å². The van der Waals surface area contributed by atoms with E-state index >= 15 is 0 Å². The lowest BCUT2D eigenvalue weighted by Crippen LogP contribution is -2.19. The molecule has 150 valence electrons. The molecule has 7 heteroatoms. The van der Waals surface area contributed by atoms with Crippen LogP contribution >= 0.6 is 23.1 Å². The molecule has 0 amide bonds. The molecule has 28 heavy (non-hydrogen) atoms. The number of aryl methyl sites for hydroxylation is 1. The lowest BCUT2D eigenvalue weighted by Gasteiger charge is -2.12. The van der Waals surface area contributed by atoms with Gasteiger partial charge in [0.15, 0.2) is 5.16 Å². The van der Waals surface area contributed by atoms with Crippen molar-refractivity contribution in [2.24, 2.45) is 5.92 Å². The molecule has 1 atom stereocenters. The van der Waals surface area contributed by atoms with Gasteiger partial charge in [-0.1, -0.05) is 32.5 Å². The predicted octanol–water partition coefficient (Wildman–Crippen LogP) is 4.83.